The van der Waals surface area contributed by atoms with E-state index in [9.17, 15) is 0 Å². The molecule has 0 unspecified atom stereocenters. The zero-order valence-corrected chi connectivity index (χ0v) is 15.9. The molecule has 0 bridgehead atoms. The maximum absolute atomic E-state index is 5.96. The van der Waals surface area contributed by atoms with Gasteiger partial charge in [0, 0.05) is 31.7 Å². The highest BCUT2D eigenvalue weighted by Crippen LogP contribution is 2.18. The standard InChI is InChI=1S/C21H26N2OS/c1-3-22-11-13-23(14-12-22)21(25)19-5-4-6-20(15-19)24-16-18-9-7-17(2)8-10-18/h4-10,15H,3,11-14,16H2,1-2H3. The number of piperazine rings is 1. The number of hydrogen-bond acceptors (Lipinski definition) is 3. The molecule has 1 saturated heterocycles. The second-order valence-electron chi connectivity index (χ2n) is 6.53. The maximum Gasteiger partial charge on any atom is 0.120 e. The lowest BCUT2D eigenvalue weighted by molar-refractivity contribution is 0.192. The molecule has 0 aliphatic carbocycles. The second-order valence-corrected chi connectivity index (χ2v) is 6.92. The lowest BCUT2D eigenvalue weighted by Crippen LogP contribution is -2.48. The summed E-state index contributed by atoms with van der Waals surface area (Å²) in [5, 5.41) is 0. The molecule has 1 heterocycles. The van der Waals surface area contributed by atoms with Gasteiger partial charge in [0.25, 0.3) is 0 Å². The van der Waals surface area contributed by atoms with Gasteiger partial charge in [-0.1, -0.05) is 61.1 Å². The molecule has 132 valence electrons. The first-order valence-corrected chi connectivity index (χ1v) is 9.36. The molecule has 0 radical (unpaired) electrons. The van der Waals surface area contributed by atoms with Crippen LogP contribution in [0.1, 0.15) is 23.6 Å². The summed E-state index contributed by atoms with van der Waals surface area (Å²) in [4.78, 5) is 5.69. The average Bonchev–Trinajstić information content (AvgIpc) is 2.67. The van der Waals surface area contributed by atoms with Gasteiger partial charge in [-0.15, -0.1) is 0 Å². The van der Waals surface area contributed by atoms with E-state index < -0.39 is 0 Å². The minimum absolute atomic E-state index is 0.575. The molecule has 0 N–H and O–H groups in total. The third-order valence-corrected chi connectivity index (χ3v) is 5.21. The highest BCUT2D eigenvalue weighted by atomic mass is 32.1. The third-order valence-electron chi connectivity index (χ3n) is 4.71. The summed E-state index contributed by atoms with van der Waals surface area (Å²) in [7, 11) is 0. The summed E-state index contributed by atoms with van der Waals surface area (Å²) in [6, 6.07) is 16.6. The fourth-order valence-electron chi connectivity index (χ4n) is 3.02. The minimum atomic E-state index is 0.575. The van der Waals surface area contributed by atoms with Crippen molar-refractivity contribution in [3.63, 3.8) is 0 Å². The van der Waals surface area contributed by atoms with Gasteiger partial charge in [-0.3, -0.25) is 0 Å². The van der Waals surface area contributed by atoms with E-state index in [2.05, 4.69) is 60.0 Å². The van der Waals surface area contributed by atoms with Crippen molar-refractivity contribution in [2.75, 3.05) is 32.7 Å². The van der Waals surface area contributed by atoms with Gasteiger partial charge in [0.2, 0.25) is 0 Å². The molecular formula is C21H26N2OS. The van der Waals surface area contributed by atoms with Crippen molar-refractivity contribution >= 4 is 17.2 Å². The van der Waals surface area contributed by atoms with E-state index in [1.807, 2.05) is 12.1 Å². The number of hydrogen-bond donors (Lipinski definition) is 0. The molecule has 4 heteroatoms. The molecule has 0 aromatic heterocycles. The quantitative estimate of drug-likeness (QED) is 0.757. The van der Waals surface area contributed by atoms with Crippen LogP contribution in [0.25, 0.3) is 0 Å². The highest BCUT2D eigenvalue weighted by Gasteiger charge is 2.18. The molecule has 2 aromatic carbocycles. The van der Waals surface area contributed by atoms with Crippen molar-refractivity contribution in [1.82, 2.24) is 9.80 Å². The minimum Gasteiger partial charge on any atom is -0.489 e. The van der Waals surface area contributed by atoms with Crippen molar-refractivity contribution < 1.29 is 4.74 Å². The Morgan fingerprint density at radius 1 is 1.04 bits per heavy atom. The van der Waals surface area contributed by atoms with Crippen LogP contribution < -0.4 is 4.74 Å². The van der Waals surface area contributed by atoms with Crippen LogP contribution in [-0.2, 0) is 6.61 Å². The van der Waals surface area contributed by atoms with Crippen LogP contribution in [0.4, 0.5) is 0 Å². The molecule has 1 aliphatic heterocycles. The molecule has 0 saturated carbocycles. The molecule has 1 fully saturated rings. The Labute approximate surface area is 156 Å². The Hall–Kier alpha value is -1.91. The number of rotatable bonds is 5. The lowest BCUT2D eigenvalue weighted by atomic mass is 10.1. The number of likely N-dealkylation sites (N-methyl/N-ethyl adjacent to an activating group) is 1. The van der Waals surface area contributed by atoms with Gasteiger partial charge in [-0.25, -0.2) is 0 Å². The molecule has 2 aromatic rings. The number of thiocarbonyl (C=S) groups is 1. The zero-order chi connectivity index (χ0) is 17.6. The van der Waals surface area contributed by atoms with E-state index in [1.165, 1.54) is 11.1 Å². The summed E-state index contributed by atoms with van der Waals surface area (Å²) in [5.74, 6) is 0.868. The predicted octanol–water partition coefficient (Wildman–Crippen LogP) is 3.89. The van der Waals surface area contributed by atoms with Crippen LogP contribution in [0.3, 0.4) is 0 Å². The van der Waals surface area contributed by atoms with Gasteiger partial charge in [-0.2, -0.15) is 0 Å². The van der Waals surface area contributed by atoms with Crippen LogP contribution in [0, 0.1) is 6.92 Å². The van der Waals surface area contributed by atoms with Crippen molar-refractivity contribution in [1.29, 1.82) is 0 Å². The normalized spacial score (nSPS) is 15.2. The first-order chi connectivity index (χ1) is 12.2. The Morgan fingerprint density at radius 3 is 2.44 bits per heavy atom. The molecule has 3 rings (SSSR count). The molecule has 0 amide bonds. The fraction of sp³-hybridized carbons (Fsp3) is 0.381. The maximum atomic E-state index is 5.96. The largest absolute Gasteiger partial charge is 0.489 e. The van der Waals surface area contributed by atoms with E-state index in [1.54, 1.807) is 0 Å². The Kier molecular flexibility index (Phi) is 6.05. The van der Waals surface area contributed by atoms with Gasteiger partial charge in [0.15, 0.2) is 0 Å². The van der Waals surface area contributed by atoms with E-state index >= 15 is 0 Å². The summed E-state index contributed by atoms with van der Waals surface area (Å²) >= 11 is 5.72. The monoisotopic (exact) mass is 354 g/mol. The van der Waals surface area contributed by atoms with Crippen LogP contribution in [0.15, 0.2) is 48.5 Å². The van der Waals surface area contributed by atoms with Crippen molar-refractivity contribution in [3.8, 4) is 5.75 Å². The van der Waals surface area contributed by atoms with Gasteiger partial charge < -0.3 is 14.5 Å². The third kappa shape index (κ3) is 4.80. The van der Waals surface area contributed by atoms with E-state index in [4.69, 9.17) is 17.0 Å². The summed E-state index contributed by atoms with van der Waals surface area (Å²) in [6.07, 6.45) is 0. The number of ether oxygens (including phenoxy) is 1. The van der Waals surface area contributed by atoms with Gasteiger partial charge >= 0.3 is 0 Å². The summed E-state index contributed by atoms with van der Waals surface area (Å²) < 4.78 is 5.96. The van der Waals surface area contributed by atoms with Crippen molar-refractivity contribution in [2.45, 2.75) is 20.5 Å². The number of benzene rings is 2. The van der Waals surface area contributed by atoms with Crippen LogP contribution in [-0.4, -0.2) is 47.5 Å². The molecule has 25 heavy (non-hydrogen) atoms. The average molecular weight is 355 g/mol. The second kappa shape index (κ2) is 8.45. The van der Waals surface area contributed by atoms with E-state index in [-0.39, 0.29) is 0 Å². The topological polar surface area (TPSA) is 15.7 Å². The van der Waals surface area contributed by atoms with Crippen LogP contribution in [0.5, 0.6) is 5.75 Å². The van der Waals surface area contributed by atoms with Crippen molar-refractivity contribution in [3.05, 3.63) is 65.2 Å². The fourth-order valence-corrected chi connectivity index (χ4v) is 3.33. The lowest BCUT2D eigenvalue weighted by Gasteiger charge is -2.35. The first kappa shape index (κ1) is 17.9. The van der Waals surface area contributed by atoms with Gasteiger partial charge in [-0.05, 0) is 31.2 Å². The molecule has 0 spiro atoms. The smallest absolute Gasteiger partial charge is 0.120 e. The molecule has 1 aliphatic rings. The Bertz CT molecular complexity index is 706. The zero-order valence-electron chi connectivity index (χ0n) is 15.1. The molecule has 0 atom stereocenters. The number of aryl methyl sites for hydroxylation is 1. The molecular weight excluding hydrogens is 328 g/mol. The Balaban J connectivity index is 1.61. The van der Waals surface area contributed by atoms with Crippen molar-refractivity contribution in [2.24, 2.45) is 0 Å². The highest BCUT2D eigenvalue weighted by molar-refractivity contribution is 7.80. The summed E-state index contributed by atoms with van der Waals surface area (Å²) in [5.41, 5.74) is 3.51. The van der Waals surface area contributed by atoms with Gasteiger partial charge in [0.05, 0.1) is 0 Å². The van der Waals surface area contributed by atoms with Crippen LogP contribution >= 0.6 is 12.2 Å². The van der Waals surface area contributed by atoms with E-state index in [0.717, 1.165) is 49.0 Å². The van der Waals surface area contributed by atoms with Gasteiger partial charge in [0.1, 0.15) is 17.3 Å². The SMILES string of the molecule is CCN1CCN(C(=S)c2cccc(OCc3ccc(C)cc3)c2)CC1. The molecule has 3 nitrogen and oxygen atoms in total. The number of nitrogens with zero attached hydrogens (tertiary/aromatic N) is 2. The van der Waals surface area contributed by atoms with Crippen LogP contribution in [0.2, 0.25) is 0 Å². The summed E-state index contributed by atoms with van der Waals surface area (Å²) in [6.45, 7) is 10.2. The predicted molar refractivity (Wildman–Crippen MR) is 107 cm³/mol. The van der Waals surface area contributed by atoms with E-state index in [0.29, 0.717) is 6.61 Å². The first-order valence-electron chi connectivity index (χ1n) is 8.96. The Morgan fingerprint density at radius 2 is 1.76 bits per heavy atom.